The zero-order chi connectivity index (χ0) is 23.4. The van der Waals surface area contributed by atoms with Crippen LogP contribution in [-0.4, -0.2) is 20.5 Å². The van der Waals surface area contributed by atoms with Crippen LogP contribution in [0.5, 0.6) is 5.75 Å². The molecule has 0 aliphatic heterocycles. The van der Waals surface area contributed by atoms with E-state index in [4.69, 9.17) is 14.8 Å². The first-order valence-corrected chi connectivity index (χ1v) is 10.8. The third-order valence-electron chi connectivity index (χ3n) is 5.57. The summed E-state index contributed by atoms with van der Waals surface area (Å²) in [4.78, 5) is 15.9. The minimum absolute atomic E-state index is 0.0184. The second kappa shape index (κ2) is 9.62. The van der Waals surface area contributed by atoms with Gasteiger partial charge in [0.05, 0.1) is 18.0 Å². The lowest BCUT2D eigenvalue weighted by molar-refractivity contribution is -0.137. The highest BCUT2D eigenvalue weighted by atomic mass is 16.5. The first-order chi connectivity index (χ1) is 15.9. The fraction of sp³-hybridized carbons (Fsp3) is 0.214. The monoisotopic (exact) mass is 438 g/mol. The number of imidazole rings is 1. The molecule has 0 saturated carbocycles. The van der Waals surface area contributed by atoms with Gasteiger partial charge >= 0.3 is 5.97 Å². The molecule has 0 spiro atoms. The number of hydrogen-bond donors (Lipinski definition) is 1. The van der Waals surface area contributed by atoms with Gasteiger partial charge in [0.15, 0.2) is 0 Å². The molecule has 4 aromatic rings. The number of aryl methyl sites for hydroxylation is 2. The molecule has 166 valence electrons. The number of benzene rings is 2. The molecule has 0 amide bonds. The van der Waals surface area contributed by atoms with Gasteiger partial charge < -0.3 is 14.2 Å². The van der Waals surface area contributed by atoms with Crippen molar-refractivity contribution in [3.05, 3.63) is 89.2 Å². The van der Waals surface area contributed by atoms with Crippen LogP contribution in [0, 0.1) is 25.7 Å². The molecule has 0 fully saturated rings. The van der Waals surface area contributed by atoms with Crippen molar-refractivity contribution in [3.8, 4) is 28.8 Å². The number of rotatable bonds is 7. The lowest BCUT2D eigenvalue weighted by Gasteiger charge is -2.11. The summed E-state index contributed by atoms with van der Waals surface area (Å²) in [7, 11) is 0. The number of nitrogens with zero attached hydrogens (tertiary/aromatic N) is 2. The zero-order valence-electron chi connectivity index (χ0n) is 19.0. The van der Waals surface area contributed by atoms with Crippen LogP contribution in [0.2, 0.25) is 0 Å². The van der Waals surface area contributed by atoms with Crippen LogP contribution in [0.15, 0.2) is 67.0 Å². The first-order valence-electron chi connectivity index (χ1n) is 10.8. The predicted octanol–water partition coefficient (Wildman–Crippen LogP) is 5.78. The molecule has 0 aliphatic rings. The molecular formula is C28H26N2O3. The van der Waals surface area contributed by atoms with E-state index in [0.717, 1.165) is 33.8 Å². The Morgan fingerprint density at radius 1 is 1.12 bits per heavy atom. The molecule has 1 N–H and O–H groups in total. The van der Waals surface area contributed by atoms with Crippen molar-refractivity contribution >= 4 is 11.6 Å². The Morgan fingerprint density at radius 3 is 2.61 bits per heavy atom. The molecule has 5 nitrogen and oxygen atoms in total. The van der Waals surface area contributed by atoms with Gasteiger partial charge in [0, 0.05) is 18.0 Å². The van der Waals surface area contributed by atoms with Gasteiger partial charge in [-0.1, -0.05) is 41.8 Å². The normalized spacial score (nSPS) is 11.6. The molecule has 33 heavy (non-hydrogen) atoms. The number of carboxylic acid groups (broad SMARTS) is 1. The standard InChI is InChI=1S/C28H26N2O3/c1-4-5-23(16-28(31)32)22-7-9-24(10-8-22)33-18-21-12-13-30-17-26(29-27(30)15-21)25-11-6-19(2)14-20(25)3/h6-15,17,23H,16,18H2,1-3H3,(H,31,32). The van der Waals surface area contributed by atoms with Gasteiger partial charge in [-0.15, -0.1) is 5.92 Å². The number of aromatic nitrogens is 2. The molecule has 0 radical (unpaired) electrons. The van der Waals surface area contributed by atoms with Crippen LogP contribution in [0.4, 0.5) is 0 Å². The Labute approximate surface area is 193 Å². The first kappa shape index (κ1) is 22.2. The molecule has 0 saturated heterocycles. The molecule has 4 rings (SSSR count). The molecule has 2 heterocycles. The van der Waals surface area contributed by atoms with Gasteiger partial charge in [-0.2, -0.15) is 0 Å². The van der Waals surface area contributed by atoms with Crippen molar-refractivity contribution in [2.45, 2.75) is 39.7 Å². The molecule has 2 aromatic carbocycles. The fourth-order valence-electron chi connectivity index (χ4n) is 3.91. The lowest BCUT2D eigenvalue weighted by atomic mass is 9.96. The molecule has 0 aliphatic carbocycles. The summed E-state index contributed by atoms with van der Waals surface area (Å²) in [5.41, 5.74) is 7.30. The summed E-state index contributed by atoms with van der Waals surface area (Å²) < 4.78 is 7.97. The van der Waals surface area contributed by atoms with Crippen LogP contribution in [0.1, 0.15) is 41.5 Å². The van der Waals surface area contributed by atoms with Gasteiger partial charge in [0.2, 0.25) is 0 Å². The zero-order valence-corrected chi connectivity index (χ0v) is 19.0. The second-order valence-electron chi connectivity index (χ2n) is 8.15. The van der Waals surface area contributed by atoms with Crippen LogP contribution < -0.4 is 4.74 Å². The van der Waals surface area contributed by atoms with Gasteiger partial charge in [-0.25, -0.2) is 4.98 Å². The quantitative estimate of drug-likeness (QED) is 0.372. The Kier molecular flexibility index (Phi) is 6.46. The van der Waals surface area contributed by atoms with Gasteiger partial charge in [0.1, 0.15) is 18.0 Å². The van der Waals surface area contributed by atoms with E-state index < -0.39 is 5.97 Å². The van der Waals surface area contributed by atoms with E-state index in [1.807, 2.05) is 53.2 Å². The third-order valence-corrected chi connectivity index (χ3v) is 5.57. The van der Waals surface area contributed by atoms with Crippen molar-refractivity contribution in [2.24, 2.45) is 0 Å². The topological polar surface area (TPSA) is 63.8 Å². The molecule has 1 unspecified atom stereocenters. The Morgan fingerprint density at radius 2 is 1.91 bits per heavy atom. The Hall–Kier alpha value is -4.04. The van der Waals surface area contributed by atoms with Crippen molar-refractivity contribution in [3.63, 3.8) is 0 Å². The van der Waals surface area contributed by atoms with Gasteiger partial charge in [-0.05, 0) is 61.7 Å². The molecular weight excluding hydrogens is 412 g/mol. The highest BCUT2D eigenvalue weighted by Crippen LogP contribution is 2.25. The summed E-state index contributed by atoms with van der Waals surface area (Å²) >= 11 is 0. The van der Waals surface area contributed by atoms with Crippen LogP contribution in [0.25, 0.3) is 16.9 Å². The van der Waals surface area contributed by atoms with Crippen molar-refractivity contribution in [1.82, 2.24) is 9.38 Å². The van der Waals surface area contributed by atoms with E-state index in [1.54, 1.807) is 6.92 Å². The number of carbonyl (C=O) groups is 1. The average molecular weight is 439 g/mol. The fourth-order valence-corrected chi connectivity index (χ4v) is 3.91. The number of fused-ring (bicyclic) bond motifs is 1. The molecule has 1 atom stereocenters. The Balaban J connectivity index is 1.47. The maximum absolute atomic E-state index is 11.1. The number of pyridine rings is 1. The summed E-state index contributed by atoms with van der Waals surface area (Å²) in [5, 5.41) is 9.10. The number of aliphatic carboxylic acids is 1. The second-order valence-corrected chi connectivity index (χ2v) is 8.15. The minimum atomic E-state index is -0.863. The van der Waals surface area contributed by atoms with E-state index in [2.05, 4.69) is 43.9 Å². The van der Waals surface area contributed by atoms with Crippen molar-refractivity contribution in [2.75, 3.05) is 0 Å². The Bertz CT molecular complexity index is 1360. The van der Waals surface area contributed by atoms with Crippen LogP contribution in [-0.2, 0) is 11.4 Å². The molecule has 0 bridgehead atoms. The number of ether oxygens (including phenoxy) is 1. The maximum Gasteiger partial charge on any atom is 0.304 e. The van der Waals surface area contributed by atoms with Gasteiger partial charge in [-0.3, -0.25) is 4.79 Å². The van der Waals surface area contributed by atoms with E-state index in [1.165, 1.54) is 11.1 Å². The summed E-state index contributed by atoms with van der Waals surface area (Å²) in [6.45, 7) is 6.33. The van der Waals surface area contributed by atoms with Crippen LogP contribution in [0.3, 0.4) is 0 Å². The largest absolute Gasteiger partial charge is 0.489 e. The minimum Gasteiger partial charge on any atom is -0.489 e. The highest BCUT2D eigenvalue weighted by molar-refractivity contribution is 5.69. The molecule has 5 heteroatoms. The van der Waals surface area contributed by atoms with Crippen molar-refractivity contribution < 1.29 is 14.6 Å². The third kappa shape index (κ3) is 5.24. The van der Waals surface area contributed by atoms with E-state index in [9.17, 15) is 4.79 Å². The van der Waals surface area contributed by atoms with E-state index in [0.29, 0.717) is 6.61 Å². The number of carboxylic acids is 1. The van der Waals surface area contributed by atoms with E-state index in [-0.39, 0.29) is 12.3 Å². The van der Waals surface area contributed by atoms with Gasteiger partial charge in [0.25, 0.3) is 0 Å². The number of hydrogen-bond acceptors (Lipinski definition) is 3. The SMILES string of the molecule is CC#CC(CC(=O)O)c1ccc(OCc2ccn3cc(-c4ccc(C)cc4C)nc3c2)cc1. The molecule has 2 aromatic heterocycles. The summed E-state index contributed by atoms with van der Waals surface area (Å²) in [5.74, 6) is 5.31. The summed E-state index contributed by atoms with van der Waals surface area (Å²) in [6.07, 6.45) is 4.02. The highest BCUT2D eigenvalue weighted by Gasteiger charge is 2.13. The lowest BCUT2D eigenvalue weighted by Crippen LogP contribution is -2.04. The van der Waals surface area contributed by atoms with Crippen molar-refractivity contribution in [1.29, 1.82) is 0 Å². The van der Waals surface area contributed by atoms with Crippen LogP contribution >= 0.6 is 0 Å². The maximum atomic E-state index is 11.1. The van der Waals surface area contributed by atoms with E-state index >= 15 is 0 Å². The predicted molar refractivity (Wildman–Crippen MR) is 129 cm³/mol. The average Bonchev–Trinajstić information content (AvgIpc) is 3.20. The summed E-state index contributed by atoms with van der Waals surface area (Å²) in [6, 6.07) is 17.9. The smallest absolute Gasteiger partial charge is 0.304 e.